The molecule has 1 amide bonds. The molecule has 3 rings (SSSR count). The second-order valence-corrected chi connectivity index (χ2v) is 8.43. The Hall–Kier alpha value is -2.05. The van der Waals surface area contributed by atoms with Crippen molar-refractivity contribution in [3.8, 4) is 0 Å². The Bertz CT molecular complexity index is 973. The Morgan fingerprint density at radius 1 is 1.15 bits per heavy atom. The molecule has 0 atom stereocenters. The molecule has 1 aromatic heterocycles. The van der Waals surface area contributed by atoms with Crippen molar-refractivity contribution in [2.24, 2.45) is 0 Å². The van der Waals surface area contributed by atoms with Gasteiger partial charge in [0.05, 0.1) is 5.69 Å². The molecule has 12 heteroatoms. The van der Waals surface area contributed by atoms with Crippen LogP contribution in [-0.4, -0.2) is 59.3 Å². The monoisotopic (exact) mass is 420 g/mol. The van der Waals surface area contributed by atoms with E-state index in [2.05, 4.69) is 9.59 Å². The van der Waals surface area contributed by atoms with E-state index in [0.717, 1.165) is 15.8 Å². The van der Waals surface area contributed by atoms with Crippen LogP contribution in [0.3, 0.4) is 0 Å². The second kappa shape index (κ2) is 7.52. The van der Waals surface area contributed by atoms with Gasteiger partial charge in [0.25, 0.3) is 5.91 Å². The van der Waals surface area contributed by atoms with E-state index in [1.165, 1.54) is 4.90 Å². The summed E-state index contributed by atoms with van der Waals surface area (Å²) in [4.78, 5) is 13.5. The number of amides is 1. The minimum Gasteiger partial charge on any atom is -0.335 e. The third-order valence-electron chi connectivity index (χ3n) is 4.23. The van der Waals surface area contributed by atoms with Crippen LogP contribution in [0.15, 0.2) is 17.0 Å². The third kappa shape index (κ3) is 3.56. The van der Waals surface area contributed by atoms with Gasteiger partial charge in [-0.2, -0.15) is 4.31 Å². The number of benzene rings is 1. The molecule has 0 saturated carbocycles. The summed E-state index contributed by atoms with van der Waals surface area (Å²) in [5.41, 5.74) is 0.573. The minimum absolute atomic E-state index is 0.0738. The van der Waals surface area contributed by atoms with Crippen molar-refractivity contribution < 1.29 is 26.4 Å². The van der Waals surface area contributed by atoms with Gasteiger partial charge in [0.2, 0.25) is 10.0 Å². The van der Waals surface area contributed by atoms with Crippen LogP contribution in [0.5, 0.6) is 0 Å². The maximum absolute atomic E-state index is 13.9. The first-order valence-electron chi connectivity index (χ1n) is 8.01. The first kappa shape index (κ1) is 19.7. The number of carbonyl (C=O) groups is 1. The molecule has 1 fully saturated rings. The topological polar surface area (TPSA) is 83.5 Å². The Kier molecular flexibility index (Phi) is 5.49. The van der Waals surface area contributed by atoms with E-state index in [-0.39, 0.29) is 32.1 Å². The van der Waals surface area contributed by atoms with Crippen LogP contribution >= 0.6 is 11.5 Å². The van der Waals surface area contributed by atoms with E-state index in [9.17, 15) is 26.4 Å². The lowest BCUT2D eigenvalue weighted by molar-refractivity contribution is 0.0701. The van der Waals surface area contributed by atoms with Crippen molar-refractivity contribution in [1.82, 2.24) is 18.8 Å². The fraction of sp³-hybridized carbons (Fsp3) is 0.400. The molecule has 0 aliphatic carbocycles. The number of halogens is 3. The first-order chi connectivity index (χ1) is 12.8. The molecule has 146 valence electrons. The van der Waals surface area contributed by atoms with Crippen molar-refractivity contribution in [3.63, 3.8) is 0 Å². The minimum atomic E-state index is -4.36. The zero-order valence-electron chi connectivity index (χ0n) is 14.2. The average molecular weight is 420 g/mol. The van der Waals surface area contributed by atoms with Crippen LogP contribution in [0, 0.1) is 17.5 Å². The van der Waals surface area contributed by atoms with Gasteiger partial charge in [-0.1, -0.05) is 11.4 Å². The second-order valence-electron chi connectivity index (χ2n) is 5.77. The number of hydrogen-bond donors (Lipinski definition) is 0. The SMILES string of the molecule is CCc1nnsc1C(=O)N1CCN(S(=O)(=O)c2ccc(F)c(F)c2F)CC1. The fourth-order valence-electron chi connectivity index (χ4n) is 2.72. The highest BCUT2D eigenvalue weighted by molar-refractivity contribution is 7.89. The van der Waals surface area contributed by atoms with Gasteiger partial charge in [-0.3, -0.25) is 4.79 Å². The van der Waals surface area contributed by atoms with E-state index in [4.69, 9.17) is 0 Å². The number of hydrogen-bond acceptors (Lipinski definition) is 6. The number of rotatable bonds is 4. The van der Waals surface area contributed by atoms with E-state index in [1.807, 2.05) is 6.92 Å². The molecule has 1 saturated heterocycles. The highest BCUT2D eigenvalue weighted by Gasteiger charge is 2.34. The van der Waals surface area contributed by atoms with Gasteiger partial charge in [0.15, 0.2) is 17.5 Å². The number of aryl methyl sites for hydroxylation is 1. The van der Waals surface area contributed by atoms with Crippen molar-refractivity contribution in [3.05, 3.63) is 40.2 Å². The van der Waals surface area contributed by atoms with Gasteiger partial charge in [0, 0.05) is 26.2 Å². The van der Waals surface area contributed by atoms with Crippen molar-refractivity contribution >= 4 is 27.5 Å². The molecule has 0 bridgehead atoms. The summed E-state index contributed by atoms with van der Waals surface area (Å²) in [6.07, 6.45) is 0.543. The van der Waals surface area contributed by atoms with Crippen molar-refractivity contribution in [2.45, 2.75) is 18.2 Å². The Morgan fingerprint density at radius 3 is 2.44 bits per heavy atom. The van der Waals surface area contributed by atoms with Gasteiger partial charge in [-0.05, 0) is 30.1 Å². The largest absolute Gasteiger partial charge is 0.335 e. The van der Waals surface area contributed by atoms with Gasteiger partial charge >= 0.3 is 0 Å². The summed E-state index contributed by atoms with van der Waals surface area (Å²) in [6, 6.07) is 1.26. The van der Waals surface area contributed by atoms with Crippen LogP contribution in [0.1, 0.15) is 22.3 Å². The highest BCUT2D eigenvalue weighted by atomic mass is 32.2. The molecule has 2 aromatic rings. The predicted molar refractivity (Wildman–Crippen MR) is 90.3 cm³/mol. The summed E-state index contributed by atoms with van der Waals surface area (Å²) in [5.74, 6) is -5.35. The van der Waals surface area contributed by atoms with E-state index >= 15 is 0 Å². The number of aromatic nitrogens is 2. The summed E-state index contributed by atoms with van der Waals surface area (Å²) in [7, 11) is -4.36. The van der Waals surface area contributed by atoms with Crippen LogP contribution in [0.4, 0.5) is 13.2 Å². The smallest absolute Gasteiger partial charge is 0.267 e. The Balaban J connectivity index is 1.75. The van der Waals surface area contributed by atoms with E-state index < -0.39 is 32.4 Å². The molecule has 1 aliphatic heterocycles. The van der Waals surface area contributed by atoms with Crippen LogP contribution in [0.2, 0.25) is 0 Å². The molecule has 27 heavy (non-hydrogen) atoms. The lowest BCUT2D eigenvalue weighted by atomic mass is 10.2. The Morgan fingerprint density at radius 2 is 1.81 bits per heavy atom. The van der Waals surface area contributed by atoms with Crippen LogP contribution < -0.4 is 0 Å². The predicted octanol–water partition coefficient (Wildman–Crippen LogP) is 1.66. The molecular formula is C15H15F3N4O3S2. The third-order valence-corrected chi connectivity index (χ3v) is 6.90. The fourth-order valence-corrected chi connectivity index (χ4v) is 4.92. The van der Waals surface area contributed by atoms with Crippen molar-refractivity contribution in [1.29, 1.82) is 0 Å². The zero-order chi connectivity index (χ0) is 19.8. The molecule has 0 radical (unpaired) electrons. The number of nitrogens with zero attached hydrogens (tertiary/aromatic N) is 4. The number of piperazine rings is 1. The molecule has 0 spiro atoms. The molecule has 0 N–H and O–H groups in total. The molecule has 1 aliphatic rings. The summed E-state index contributed by atoms with van der Waals surface area (Å²) < 4.78 is 70.1. The standard InChI is InChI=1S/C15H15F3N4O3S2/c1-2-10-14(26-20-19-10)15(23)21-5-7-22(8-6-21)27(24,25)11-4-3-9(16)12(17)13(11)18/h3-4H,2,5-8H2,1H3. The van der Waals surface area contributed by atoms with Crippen LogP contribution in [0.25, 0.3) is 0 Å². The number of sulfonamides is 1. The van der Waals surface area contributed by atoms with E-state index in [0.29, 0.717) is 29.1 Å². The molecule has 1 aromatic carbocycles. The average Bonchev–Trinajstić information content (AvgIpc) is 3.14. The summed E-state index contributed by atoms with van der Waals surface area (Å²) >= 11 is 0.973. The summed E-state index contributed by atoms with van der Waals surface area (Å²) in [6.45, 7) is 1.80. The Labute approximate surface area is 157 Å². The van der Waals surface area contributed by atoms with Gasteiger partial charge < -0.3 is 4.90 Å². The maximum atomic E-state index is 13.9. The molecule has 7 nitrogen and oxygen atoms in total. The quantitative estimate of drug-likeness (QED) is 0.703. The lowest BCUT2D eigenvalue weighted by Gasteiger charge is -2.33. The van der Waals surface area contributed by atoms with Gasteiger partial charge in [0.1, 0.15) is 9.77 Å². The first-order valence-corrected chi connectivity index (χ1v) is 10.2. The lowest BCUT2D eigenvalue weighted by Crippen LogP contribution is -2.50. The van der Waals surface area contributed by atoms with E-state index in [1.54, 1.807) is 0 Å². The normalized spacial score (nSPS) is 15.9. The number of carbonyl (C=O) groups excluding carboxylic acids is 1. The van der Waals surface area contributed by atoms with Crippen LogP contribution in [-0.2, 0) is 16.4 Å². The molecule has 0 unspecified atom stereocenters. The van der Waals surface area contributed by atoms with Gasteiger partial charge in [-0.25, -0.2) is 21.6 Å². The maximum Gasteiger partial charge on any atom is 0.267 e. The highest BCUT2D eigenvalue weighted by Crippen LogP contribution is 2.24. The zero-order valence-corrected chi connectivity index (χ0v) is 15.8. The molecule has 2 heterocycles. The van der Waals surface area contributed by atoms with Gasteiger partial charge in [-0.15, -0.1) is 5.10 Å². The van der Waals surface area contributed by atoms with Crippen molar-refractivity contribution in [2.75, 3.05) is 26.2 Å². The summed E-state index contributed by atoms with van der Waals surface area (Å²) in [5, 5.41) is 3.88. The molecular weight excluding hydrogens is 405 g/mol.